The van der Waals surface area contributed by atoms with Crippen molar-refractivity contribution in [1.82, 2.24) is 0 Å². The normalized spacial score (nSPS) is 13.7. The number of sulfonamides is 1. The maximum atomic E-state index is 13.0. The number of carbonyl (C=O) groups is 1. The van der Waals surface area contributed by atoms with Crippen molar-refractivity contribution in [2.75, 3.05) is 16.2 Å². The number of rotatable bonds is 4. The van der Waals surface area contributed by atoms with Gasteiger partial charge in [0.25, 0.3) is 15.9 Å². The van der Waals surface area contributed by atoms with E-state index in [2.05, 4.69) is 5.32 Å². The van der Waals surface area contributed by atoms with E-state index >= 15 is 0 Å². The number of hydrogen-bond acceptors (Lipinski definition) is 3. The quantitative estimate of drug-likeness (QED) is 0.546. The zero-order chi connectivity index (χ0) is 23.1. The van der Waals surface area contributed by atoms with Crippen molar-refractivity contribution < 1.29 is 26.4 Å². The molecule has 1 N–H and O–H groups in total. The monoisotopic (exact) mass is 480 g/mol. The van der Waals surface area contributed by atoms with Gasteiger partial charge in [-0.05, 0) is 60.5 Å². The third-order valence-electron chi connectivity index (χ3n) is 5.09. The van der Waals surface area contributed by atoms with Gasteiger partial charge in [0.2, 0.25) is 0 Å². The molecule has 3 aromatic carbocycles. The average Bonchev–Trinajstić information content (AvgIpc) is 3.19. The van der Waals surface area contributed by atoms with Gasteiger partial charge < -0.3 is 5.32 Å². The first-order valence-corrected chi connectivity index (χ1v) is 11.3. The first-order chi connectivity index (χ1) is 15.1. The van der Waals surface area contributed by atoms with Crippen molar-refractivity contribution in [3.05, 3.63) is 88.4 Å². The number of nitrogens with one attached hydrogen (secondary N) is 1. The Morgan fingerprint density at radius 1 is 1.00 bits per heavy atom. The number of benzene rings is 3. The van der Waals surface area contributed by atoms with Crippen LogP contribution >= 0.6 is 11.6 Å². The van der Waals surface area contributed by atoms with Crippen molar-refractivity contribution in [3.8, 4) is 0 Å². The van der Waals surface area contributed by atoms with E-state index in [0.717, 1.165) is 23.8 Å². The zero-order valence-corrected chi connectivity index (χ0v) is 17.9. The highest BCUT2D eigenvalue weighted by molar-refractivity contribution is 7.92. The standard InChI is InChI=1S/C22H16ClF3N2O3S/c23-18-10-7-16(22(24,25)26)13-19(18)27-21(29)15-5-8-17(9-6-15)32(30,31)28-12-11-14-3-1-2-4-20(14)28/h1-10,13H,11-12H2,(H,27,29). The molecule has 1 aliphatic rings. The Balaban J connectivity index is 1.55. The molecule has 0 saturated heterocycles. The largest absolute Gasteiger partial charge is 0.416 e. The summed E-state index contributed by atoms with van der Waals surface area (Å²) in [4.78, 5) is 12.5. The van der Waals surface area contributed by atoms with E-state index in [1.54, 1.807) is 12.1 Å². The van der Waals surface area contributed by atoms with Crippen LogP contribution in [0.15, 0.2) is 71.6 Å². The van der Waals surface area contributed by atoms with Gasteiger partial charge in [-0.15, -0.1) is 0 Å². The maximum Gasteiger partial charge on any atom is 0.416 e. The summed E-state index contributed by atoms with van der Waals surface area (Å²) in [6.07, 6.45) is -3.98. The lowest BCUT2D eigenvalue weighted by atomic mass is 10.1. The van der Waals surface area contributed by atoms with E-state index in [9.17, 15) is 26.4 Å². The fraction of sp³-hybridized carbons (Fsp3) is 0.136. The number of carbonyl (C=O) groups excluding carboxylic acids is 1. The van der Waals surface area contributed by atoms with Gasteiger partial charge in [-0.3, -0.25) is 9.10 Å². The predicted molar refractivity (Wildman–Crippen MR) is 116 cm³/mol. The Morgan fingerprint density at radius 2 is 1.69 bits per heavy atom. The van der Waals surface area contributed by atoms with E-state index in [1.807, 2.05) is 12.1 Å². The van der Waals surface area contributed by atoms with Crippen LogP contribution in [0.4, 0.5) is 24.5 Å². The van der Waals surface area contributed by atoms with Crippen LogP contribution in [0.3, 0.4) is 0 Å². The highest BCUT2D eigenvalue weighted by atomic mass is 35.5. The molecule has 0 aromatic heterocycles. The summed E-state index contributed by atoms with van der Waals surface area (Å²) in [7, 11) is -3.83. The summed E-state index contributed by atoms with van der Waals surface area (Å²) in [5.74, 6) is -0.721. The van der Waals surface area contributed by atoms with Crippen LogP contribution in [-0.2, 0) is 22.6 Å². The number of anilines is 2. The van der Waals surface area contributed by atoms with Gasteiger partial charge in [-0.2, -0.15) is 13.2 Å². The topological polar surface area (TPSA) is 66.5 Å². The molecule has 1 heterocycles. The molecule has 0 bridgehead atoms. The molecule has 0 spiro atoms. The second kappa shape index (κ2) is 8.14. The van der Waals surface area contributed by atoms with Gasteiger partial charge in [-0.25, -0.2) is 8.42 Å². The van der Waals surface area contributed by atoms with Crippen LogP contribution in [0.5, 0.6) is 0 Å². The van der Waals surface area contributed by atoms with Crippen molar-refractivity contribution in [1.29, 1.82) is 0 Å². The second-order valence-electron chi connectivity index (χ2n) is 7.13. The summed E-state index contributed by atoms with van der Waals surface area (Å²) >= 11 is 5.91. The minimum Gasteiger partial charge on any atom is -0.321 e. The summed E-state index contributed by atoms with van der Waals surface area (Å²) in [6, 6.07) is 15.0. The first kappa shape index (κ1) is 22.2. The fourth-order valence-corrected chi connectivity index (χ4v) is 5.12. The lowest BCUT2D eigenvalue weighted by Crippen LogP contribution is -2.29. The fourth-order valence-electron chi connectivity index (χ4n) is 3.46. The van der Waals surface area contributed by atoms with E-state index < -0.39 is 27.7 Å². The number of alkyl halides is 3. The molecule has 0 atom stereocenters. The lowest BCUT2D eigenvalue weighted by Gasteiger charge is -2.19. The van der Waals surface area contributed by atoms with Gasteiger partial charge in [-0.1, -0.05) is 29.8 Å². The Morgan fingerprint density at radius 3 is 2.38 bits per heavy atom. The SMILES string of the molecule is O=C(Nc1cc(C(F)(F)F)ccc1Cl)c1ccc(S(=O)(=O)N2CCc3ccccc32)cc1. The number of amides is 1. The molecular weight excluding hydrogens is 465 g/mol. The number of para-hydroxylation sites is 1. The van der Waals surface area contributed by atoms with Gasteiger partial charge in [0.1, 0.15) is 0 Å². The molecule has 32 heavy (non-hydrogen) atoms. The zero-order valence-electron chi connectivity index (χ0n) is 16.4. The first-order valence-electron chi connectivity index (χ1n) is 9.46. The smallest absolute Gasteiger partial charge is 0.321 e. The molecule has 10 heteroatoms. The van der Waals surface area contributed by atoms with Crippen molar-refractivity contribution >= 4 is 38.9 Å². The highest BCUT2D eigenvalue weighted by Crippen LogP contribution is 2.35. The van der Waals surface area contributed by atoms with Gasteiger partial charge >= 0.3 is 6.18 Å². The van der Waals surface area contributed by atoms with Crippen molar-refractivity contribution in [2.45, 2.75) is 17.5 Å². The average molecular weight is 481 g/mol. The molecule has 5 nitrogen and oxygen atoms in total. The van der Waals surface area contributed by atoms with E-state index in [0.29, 0.717) is 18.7 Å². The number of hydrogen-bond donors (Lipinski definition) is 1. The summed E-state index contributed by atoms with van der Waals surface area (Å²) in [5.41, 5.74) is 0.471. The molecule has 3 aromatic rings. The van der Waals surface area contributed by atoms with Crippen LogP contribution in [-0.4, -0.2) is 20.9 Å². The maximum absolute atomic E-state index is 13.0. The Kier molecular flexibility index (Phi) is 5.64. The van der Waals surface area contributed by atoms with Crippen molar-refractivity contribution in [3.63, 3.8) is 0 Å². The Labute approximate surface area is 187 Å². The minimum absolute atomic E-state index is 0.00264. The van der Waals surface area contributed by atoms with E-state index in [4.69, 9.17) is 11.6 Å². The van der Waals surface area contributed by atoms with Crippen LogP contribution in [0.1, 0.15) is 21.5 Å². The third-order valence-corrected chi connectivity index (χ3v) is 7.25. The Hall–Kier alpha value is -3.04. The van der Waals surface area contributed by atoms with Crippen LogP contribution in [0.25, 0.3) is 0 Å². The molecule has 0 saturated carbocycles. The lowest BCUT2D eigenvalue weighted by molar-refractivity contribution is -0.137. The number of fused-ring (bicyclic) bond motifs is 1. The van der Waals surface area contributed by atoms with Crippen molar-refractivity contribution in [2.24, 2.45) is 0 Å². The van der Waals surface area contributed by atoms with E-state index in [-0.39, 0.29) is 21.2 Å². The molecular formula is C22H16ClF3N2O3S. The molecule has 0 unspecified atom stereocenters. The summed E-state index contributed by atoms with van der Waals surface area (Å²) in [5, 5.41) is 2.28. The molecule has 4 rings (SSSR count). The van der Waals surface area contributed by atoms with Crippen LogP contribution in [0, 0.1) is 0 Å². The third kappa shape index (κ3) is 4.18. The number of nitrogens with zero attached hydrogens (tertiary/aromatic N) is 1. The molecule has 1 amide bonds. The van der Waals surface area contributed by atoms with Gasteiger partial charge in [0.05, 0.1) is 26.9 Å². The van der Waals surface area contributed by atoms with Gasteiger partial charge in [0, 0.05) is 12.1 Å². The Bertz CT molecular complexity index is 1290. The molecule has 1 aliphatic heterocycles. The molecule has 166 valence electrons. The van der Waals surface area contributed by atoms with Crippen LogP contribution < -0.4 is 9.62 Å². The minimum atomic E-state index is -4.59. The molecule has 0 fully saturated rings. The predicted octanol–water partition coefficient (Wildman–Crippen LogP) is 5.36. The molecule has 0 aliphatic carbocycles. The molecule has 0 radical (unpaired) electrons. The second-order valence-corrected chi connectivity index (χ2v) is 9.40. The summed E-state index contributed by atoms with van der Waals surface area (Å²) < 4.78 is 66.2. The van der Waals surface area contributed by atoms with Crippen LogP contribution in [0.2, 0.25) is 5.02 Å². The highest BCUT2D eigenvalue weighted by Gasteiger charge is 2.32. The van der Waals surface area contributed by atoms with E-state index in [1.165, 1.54) is 28.6 Å². The number of halogens is 4. The summed E-state index contributed by atoms with van der Waals surface area (Å²) in [6.45, 7) is 0.317. The van der Waals surface area contributed by atoms with Gasteiger partial charge in [0.15, 0.2) is 0 Å².